The second kappa shape index (κ2) is 48.1. The van der Waals surface area contributed by atoms with Gasteiger partial charge in [0.2, 0.25) is 59.8 Å². The van der Waals surface area contributed by atoms with Crippen molar-refractivity contribution in [3.63, 3.8) is 0 Å². The molecule has 4 N–H and O–H groups in total. The summed E-state index contributed by atoms with van der Waals surface area (Å²) in [5.74, 6) is -23.1. The molecule has 0 bridgehead atoms. The lowest BCUT2D eigenvalue weighted by Gasteiger charge is -2.62. The summed E-state index contributed by atoms with van der Waals surface area (Å²) in [5.41, 5.74) is -6.66. The Hall–Kier alpha value is -9.47. The van der Waals surface area contributed by atoms with Crippen LogP contribution in [0.4, 0.5) is 9.18 Å². The maximum atomic E-state index is 17.8. The first-order chi connectivity index (χ1) is 61.2. The van der Waals surface area contributed by atoms with Gasteiger partial charge >= 0.3 is 24.1 Å². The van der Waals surface area contributed by atoms with Crippen molar-refractivity contribution in [2.24, 2.45) is 93.7 Å². The van der Waals surface area contributed by atoms with Crippen LogP contribution in [-0.2, 0) is 100 Å². The number of alkyl halides is 1. The maximum absolute atomic E-state index is 17.8. The fourth-order valence-corrected chi connectivity index (χ4v) is 20.6. The lowest BCUT2D eigenvalue weighted by molar-refractivity contribution is -0.220. The highest BCUT2D eigenvalue weighted by atomic mass is 19.1. The number of aliphatic hydroxyl groups is 2. The molecule has 2 unspecified atom stereocenters. The molecule has 1 aliphatic heterocycles. The molecular formula is C98H153FN8O25. The molecule has 0 spiro atoms. The highest BCUT2D eigenvalue weighted by Crippen LogP contribution is 2.71. The van der Waals surface area contributed by atoms with Gasteiger partial charge in [-0.2, -0.15) is 0 Å². The minimum Gasteiger partial charge on any atom is -0.480 e. The van der Waals surface area contributed by atoms with Gasteiger partial charge in [0.15, 0.2) is 35.4 Å². The Morgan fingerprint density at radius 2 is 1.11 bits per heavy atom. The molecule has 0 radical (unpaired) electrons. The summed E-state index contributed by atoms with van der Waals surface area (Å²) in [6.07, 6.45) is -0.994. The lowest BCUT2D eigenvalue weighted by atomic mass is 9.44. The minimum atomic E-state index is -2.25. The third kappa shape index (κ3) is 26.6. The summed E-state index contributed by atoms with van der Waals surface area (Å²) < 4.78 is 39.5. The molecule has 742 valence electrons. The summed E-state index contributed by atoms with van der Waals surface area (Å²) >= 11 is 0. The first kappa shape index (κ1) is 113. The number of nitrogens with zero attached hydrogens (tertiary/aromatic N) is 7. The van der Waals surface area contributed by atoms with Crippen LogP contribution in [0.5, 0.6) is 0 Å². The van der Waals surface area contributed by atoms with Crippen LogP contribution < -0.4 is 5.32 Å². The van der Waals surface area contributed by atoms with Crippen LogP contribution in [0.3, 0.4) is 0 Å². The summed E-state index contributed by atoms with van der Waals surface area (Å²) in [4.78, 5) is 268. The van der Waals surface area contributed by atoms with Gasteiger partial charge in [-0.3, -0.25) is 76.7 Å². The van der Waals surface area contributed by atoms with Crippen molar-refractivity contribution < 1.29 is 125 Å². The molecule has 0 aromatic rings. The van der Waals surface area contributed by atoms with Gasteiger partial charge in [-0.25, -0.2) is 14.0 Å². The number of nitrogens with one attached hydrogen (secondary N) is 1. The molecule has 34 heteroatoms. The average molecular weight is 1860 g/mol. The van der Waals surface area contributed by atoms with Crippen molar-refractivity contribution in [3.8, 4) is 0 Å². The summed E-state index contributed by atoms with van der Waals surface area (Å²) in [7, 11) is 9.65. The van der Waals surface area contributed by atoms with Crippen LogP contribution >= 0.6 is 0 Å². The van der Waals surface area contributed by atoms with Crippen LogP contribution in [-0.4, -0.2) is 291 Å². The standard InChI is InChI=1S/C98H153FN8O25/c1-28-30-31-59(15)86(132-94(127)131-52-130-83(118)48-69(93(125)126)100-80(115)34-35-82(117)129-51-79(114)98(128)62(18)44-68-67-33-32-64-46-65(108)36-37-95(64,19)97(67,99)78(113)49-96(68,98)20)85-77(112)45-63(29-2)88(120)101(21)50-81(116)102(22)70(38-53(3)4)76(111)47-66(57(11)12)89(121)103(23)71(39-54(5)6)75(110)42-60(16)74(109)43-61(17)87(119)104(24)72(40-55(7)8)90(122)105(25)73(41-56(9)10)91(123)106(26)84(58(13)14)92(124)107(85)27/h28,30,36-37,46,53-63,66-73,78,84-86,113,128H,29,31-35,38-45,47-52H2,1-27H3,(H,100,115)(H,125,126)/b30-28+/t59-,60+,61-,62+,63+,66-,67?,68?,69+,70+,71-,72-,73-,78+,84-,85+,86-,95+,96+,97+,98+/m1/s1. The zero-order chi connectivity index (χ0) is 101. The lowest BCUT2D eigenvalue weighted by Crippen LogP contribution is -2.69. The largest absolute Gasteiger partial charge is 0.511 e. The number of hydrogen-bond acceptors (Lipinski definition) is 24. The van der Waals surface area contributed by atoms with Crippen LogP contribution in [0.2, 0.25) is 0 Å². The van der Waals surface area contributed by atoms with Gasteiger partial charge in [0.1, 0.15) is 47.7 Å². The number of carbonyl (C=O) groups excluding carboxylic acids is 17. The molecule has 5 aliphatic rings. The van der Waals surface area contributed by atoms with Crippen LogP contribution in [0.25, 0.3) is 0 Å². The highest BCUT2D eigenvalue weighted by Gasteiger charge is 2.76. The normalized spacial score (nSPS) is 30.5. The molecule has 33 nitrogen and oxygen atoms in total. The van der Waals surface area contributed by atoms with Crippen molar-refractivity contribution in [2.45, 2.75) is 313 Å². The third-order valence-corrected chi connectivity index (χ3v) is 28.5. The number of Topliss-reactive ketones (excluding diaryl/α,β-unsaturated/α-hetero) is 5. The molecule has 0 aromatic carbocycles. The Bertz CT molecular complexity index is 4310. The van der Waals surface area contributed by atoms with Gasteiger partial charge < -0.3 is 73.9 Å². The molecule has 4 aliphatic carbocycles. The zero-order valence-corrected chi connectivity index (χ0v) is 83.1. The van der Waals surface area contributed by atoms with E-state index in [1.54, 1.807) is 95.2 Å². The van der Waals surface area contributed by atoms with E-state index in [2.05, 4.69) is 5.32 Å². The number of amides is 8. The second-order valence-corrected chi connectivity index (χ2v) is 40.9. The zero-order valence-electron chi connectivity index (χ0n) is 83.1. The number of ketones is 6. The molecule has 21 atom stereocenters. The predicted molar refractivity (Wildman–Crippen MR) is 487 cm³/mol. The number of aliphatic carboxylic acids is 1. The van der Waals surface area contributed by atoms with E-state index in [0.29, 0.717) is 12.0 Å². The van der Waals surface area contributed by atoms with Crippen molar-refractivity contribution in [2.75, 3.05) is 69.3 Å². The number of carbonyl (C=O) groups is 18. The maximum Gasteiger partial charge on any atom is 0.511 e. The van der Waals surface area contributed by atoms with Gasteiger partial charge in [0, 0.05) is 122 Å². The Kier molecular flexibility index (Phi) is 41.2. The number of carboxylic acid groups (broad SMARTS) is 1. The Morgan fingerprint density at radius 1 is 0.591 bits per heavy atom. The first-order valence-electron chi connectivity index (χ1n) is 47.0. The van der Waals surface area contributed by atoms with E-state index < -0.39 is 282 Å². The number of halogens is 1. The van der Waals surface area contributed by atoms with E-state index in [9.17, 15) is 77.6 Å². The Balaban J connectivity index is 1.48. The van der Waals surface area contributed by atoms with Crippen LogP contribution in [0.15, 0.2) is 36.0 Å². The van der Waals surface area contributed by atoms with Gasteiger partial charge in [0.05, 0.1) is 37.6 Å². The second-order valence-electron chi connectivity index (χ2n) is 40.9. The van der Waals surface area contributed by atoms with E-state index in [4.69, 9.17) is 18.9 Å². The van der Waals surface area contributed by atoms with E-state index in [-0.39, 0.29) is 107 Å². The number of carboxylic acids is 1. The van der Waals surface area contributed by atoms with Gasteiger partial charge in [-0.15, -0.1) is 0 Å². The summed E-state index contributed by atoms with van der Waals surface area (Å²) in [5, 5.41) is 36.5. The number of esters is 2. The number of fused-ring (bicyclic) bond motifs is 5. The van der Waals surface area contributed by atoms with Crippen molar-refractivity contribution in [3.05, 3.63) is 36.0 Å². The molecule has 4 fully saturated rings. The number of hydrogen-bond donors (Lipinski definition) is 4. The average Bonchev–Trinajstić information content (AvgIpc) is 1.46. The van der Waals surface area contributed by atoms with Crippen LogP contribution in [0.1, 0.15) is 248 Å². The monoisotopic (exact) mass is 1860 g/mol. The predicted octanol–water partition coefficient (Wildman–Crippen LogP) is 9.49. The van der Waals surface area contributed by atoms with Crippen molar-refractivity contribution in [1.29, 1.82) is 0 Å². The minimum absolute atomic E-state index is 0.0238. The number of allylic oxidation sites excluding steroid dienone is 6. The third-order valence-electron chi connectivity index (χ3n) is 28.5. The van der Waals surface area contributed by atoms with Gasteiger partial charge in [-0.1, -0.05) is 148 Å². The fraction of sp³-hybridized carbons (Fsp3) is 0.755. The van der Waals surface area contributed by atoms with E-state index in [1.165, 1.54) is 87.2 Å². The Labute approximate surface area is 779 Å². The van der Waals surface area contributed by atoms with E-state index in [1.807, 2.05) is 55.4 Å². The molecule has 8 amide bonds. The molecule has 3 saturated carbocycles. The van der Waals surface area contributed by atoms with Crippen molar-refractivity contribution in [1.82, 2.24) is 39.6 Å². The molecule has 0 aromatic heterocycles. The molecule has 1 heterocycles. The molecule has 5 rings (SSSR count). The number of rotatable bonds is 28. The first-order valence-corrected chi connectivity index (χ1v) is 47.0. The Morgan fingerprint density at radius 3 is 1.65 bits per heavy atom. The highest BCUT2D eigenvalue weighted by molar-refractivity contribution is 6.02. The van der Waals surface area contributed by atoms with Crippen LogP contribution in [0, 0.1) is 93.7 Å². The molecule has 1 saturated heterocycles. The fourth-order valence-electron chi connectivity index (χ4n) is 20.6. The number of ether oxygens (including phenoxy) is 4. The van der Waals surface area contributed by atoms with E-state index in [0.717, 1.165) is 14.7 Å². The summed E-state index contributed by atoms with van der Waals surface area (Å²) in [6.45, 7) is 31.5. The topological polar surface area (TPSA) is 440 Å². The molecular weight excluding hydrogens is 1710 g/mol. The van der Waals surface area contributed by atoms with Gasteiger partial charge in [-0.05, 0) is 143 Å². The van der Waals surface area contributed by atoms with Gasteiger partial charge in [0.25, 0.3) is 0 Å². The smallest absolute Gasteiger partial charge is 0.480 e. The number of likely N-dealkylation sites (N-methyl/N-ethyl adjacent to an activating group) is 7. The van der Waals surface area contributed by atoms with Crippen molar-refractivity contribution >= 4 is 106 Å². The quantitative estimate of drug-likeness (QED) is 0.0245. The molecule has 132 heavy (non-hydrogen) atoms. The summed E-state index contributed by atoms with van der Waals surface area (Å²) in [6, 6.07) is -10.1. The number of aliphatic hydroxyl groups excluding tert-OH is 1. The SMILES string of the molecule is C/C=C/C[C@@H](C)[C@@H](OC(=O)OCOC(=O)C[C@H](NC(=O)CCC(=O)OCC(=O)[C@@]1(O)[C@@H](C)CC2C3CCC4=CC(=O)C=C[C@]4(C)[C@@]3(F)[C@@H](O)C[C@@]21C)C(=O)O)[C@@H]1C(=O)C[C@H](CC)C(=O)N(C)CC(=O)N(C)[C@@H](CC(C)C)C(=O)C[C@H](C(C)C)C(=O)N(C)[C@H](CC(C)C)C(=O)C[C@H](C)C(=O)C[C@@H](C)C(=O)N(C)[C@H](CC(C)C)C(=O)N(C)[C@H](CC(C)C)C(=O)N(C)[C@H](C(C)C)C(=O)N1C. The van der Waals surface area contributed by atoms with E-state index >= 15 is 28.4 Å².